The van der Waals surface area contributed by atoms with Gasteiger partial charge in [-0.3, -0.25) is 4.57 Å². The molecule has 5 heterocycles. The van der Waals surface area contributed by atoms with Gasteiger partial charge < -0.3 is 8.83 Å². The summed E-state index contributed by atoms with van der Waals surface area (Å²) in [6.45, 7) is 4.25. The van der Waals surface area contributed by atoms with Crippen LogP contribution in [0.3, 0.4) is 0 Å². The summed E-state index contributed by atoms with van der Waals surface area (Å²) in [6.07, 6.45) is 1.25. The molecule has 16 aromatic rings. The van der Waals surface area contributed by atoms with Crippen molar-refractivity contribution in [2.24, 2.45) is 0 Å². The first kappa shape index (κ1) is 46.4. The molecule has 0 bridgehead atoms. The van der Waals surface area contributed by atoms with Crippen LogP contribution in [0.25, 0.3) is 159 Å². The minimum Gasteiger partial charge on any atom is -0.456 e. The van der Waals surface area contributed by atoms with Crippen molar-refractivity contribution in [1.29, 1.82) is 0 Å². The molecule has 0 amide bonds. The Hall–Kier alpha value is -9.95. The first-order chi connectivity index (χ1) is 39.1. The van der Waals surface area contributed by atoms with Gasteiger partial charge in [0.15, 0.2) is 11.6 Å². The van der Waals surface area contributed by atoms with Crippen LogP contribution in [0, 0.1) is 0 Å². The van der Waals surface area contributed by atoms with E-state index < -0.39 is 0 Å². The number of hydrogen-bond acceptors (Lipinski definition) is 6. The topological polar surface area (TPSA) is 69.9 Å². The van der Waals surface area contributed by atoms with Crippen LogP contribution in [-0.2, 0) is 0 Å². The van der Waals surface area contributed by atoms with E-state index in [4.69, 9.17) is 23.8 Å². The van der Waals surface area contributed by atoms with Gasteiger partial charge in [0.1, 0.15) is 22.3 Å². The number of aromatic nitrogens is 4. The van der Waals surface area contributed by atoms with Gasteiger partial charge in [-0.25, -0.2) is 4.98 Å². The van der Waals surface area contributed by atoms with Gasteiger partial charge in [0, 0.05) is 74.7 Å². The maximum atomic E-state index is 6.62. The minimum atomic E-state index is 0.507. The summed E-state index contributed by atoms with van der Waals surface area (Å²) in [7, 11) is 0. The molecule has 6 nitrogen and oxygen atoms in total. The highest BCUT2D eigenvalue weighted by Gasteiger charge is 2.23. The molecule has 0 aliphatic carbocycles. The van der Waals surface area contributed by atoms with E-state index in [2.05, 4.69) is 213 Å². The Morgan fingerprint density at radius 3 is 1.66 bits per heavy atom. The Bertz CT molecular complexity index is 5040. The van der Waals surface area contributed by atoms with E-state index >= 15 is 0 Å². The lowest BCUT2D eigenvalue weighted by Gasteiger charge is -2.14. The van der Waals surface area contributed by atoms with E-state index in [0.717, 1.165) is 110 Å². The van der Waals surface area contributed by atoms with Crippen LogP contribution in [0.2, 0.25) is 0 Å². The Labute approximate surface area is 459 Å². The summed E-state index contributed by atoms with van der Waals surface area (Å²) < 4.78 is 17.9. The van der Waals surface area contributed by atoms with Crippen molar-refractivity contribution >= 4 is 97.2 Å². The molecular formula is C72H48N4O2S. The van der Waals surface area contributed by atoms with Crippen LogP contribution in [-0.4, -0.2) is 19.5 Å². The van der Waals surface area contributed by atoms with Crippen LogP contribution < -0.4 is 0 Å². The van der Waals surface area contributed by atoms with Gasteiger partial charge in [0.05, 0.1) is 11.0 Å². The standard InChI is InChI=1S/C69H40N4O2S.C3H8/c1-2-15-41(16-3-1)67-70-68(47-33-35-53-51-21-4-7-30-60(51)74-62(53)40-47)72-69(71-67)73-59-36-34-46(49-25-13-28-56-52-22-5-8-31-61(52)75-65(49)56)39-58(59)55-27-12-24-48(64(55)73)44-19-10-17-42(37-44)43-18-11-20-45(38-43)50-26-14-29-57-54-23-6-9-32-63(54)76-66(50)57;1-3-2/h1-40H;3H2,1-2H3. The Morgan fingerprint density at radius 1 is 0.354 bits per heavy atom. The number of furan rings is 2. The number of nitrogens with zero attached hydrogens (tertiary/aromatic N) is 4. The number of rotatable bonds is 7. The van der Waals surface area contributed by atoms with Crippen LogP contribution in [0.5, 0.6) is 0 Å². The third kappa shape index (κ3) is 7.80. The number of benzene rings is 11. The second kappa shape index (κ2) is 19.0. The molecule has 0 saturated carbocycles. The fraction of sp³-hybridized carbons (Fsp3) is 0.0417. The summed E-state index contributed by atoms with van der Waals surface area (Å²) in [5, 5.41) is 9.03. The van der Waals surface area contributed by atoms with Crippen LogP contribution >= 0.6 is 11.3 Å². The first-order valence-electron chi connectivity index (χ1n) is 26.9. The fourth-order valence-corrected chi connectivity index (χ4v) is 12.8. The van der Waals surface area contributed by atoms with Gasteiger partial charge in [0.25, 0.3) is 0 Å². The highest BCUT2D eigenvalue weighted by molar-refractivity contribution is 7.26. The highest BCUT2D eigenvalue weighted by Crippen LogP contribution is 2.44. The average molecular weight is 1030 g/mol. The van der Waals surface area contributed by atoms with Gasteiger partial charge in [-0.1, -0.05) is 208 Å². The lowest BCUT2D eigenvalue weighted by Crippen LogP contribution is -2.07. The Kier molecular flexibility index (Phi) is 11.1. The quantitative estimate of drug-likeness (QED) is 0.159. The summed E-state index contributed by atoms with van der Waals surface area (Å²) in [5.74, 6) is 1.62. The van der Waals surface area contributed by atoms with Crippen LogP contribution in [0.1, 0.15) is 20.3 Å². The number of hydrogen-bond donors (Lipinski definition) is 0. The van der Waals surface area contributed by atoms with Gasteiger partial charge in [0.2, 0.25) is 5.95 Å². The second-order valence-electron chi connectivity index (χ2n) is 20.2. The summed E-state index contributed by atoms with van der Waals surface area (Å²) in [4.78, 5) is 16.0. The second-order valence-corrected chi connectivity index (χ2v) is 21.2. The van der Waals surface area contributed by atoms with Gasteiger partial charge in [-0.15, -0.1) is 11.3 Å². The number of para-hydroxylation sites is 4. The van der Waals surface area contributed by atoms with Crippen molar-refractivity contribution in [3.05, 3.63) is 243 Å². The molecule has 0 aliphatic heterocycles. The minimum absolute atomic E-state index is 0.507. The normalized spacial score (nSPS) is 11.7. The average Bonchev–Trinajstić information content (AvgIpc) is 4.32. The lowest BCUT2D eigenvalue weighted by atomic mass is 9.95. The SMILES string of the molecule is CCC.c1ccc(-c2nc(-c3ccc4c(c3)oc3ccccc34)nc(-n3c4ccc(-c5cccc6c5oc5ccccc56)cc4c4cccc(-c5cccc(-c6cccc(-c7cccc8c7sc7ccccc78)c6)c5)c43)n2)cc1. The molecular weight excluding hydrogens is 985 g/mol. The molecule has 11 aromatic carbocycles. The van der Waals surface area contributed by atoms with Crippen molar-refractivity contribution in [3.8, 4) is 73.2 Å². The molecule has 0 spiro atoms. The summed E-state index contributed by atoms with van der Waals surface area (Å²) >= 11 is 1.86. The van der Waals surface area contributed by atoms with E-state index in [1.165, 1.54) is 37.7 Å². The number of fused-ring (bicyclic) bond motifs is 12. The maximum absolute atomic E-state index is 6.62. The summed E-state index contributed by atoms with van der Waals surface area (Å²) in [5.41, 5.74) is 15.9. The van der Waals surface area contributed by atoms with Crippen molar-refractivity contribution in [2.45, 2.75) is 20.3 Å². The van der Waals surface area contributed by atoms with E-state index in [0.29, 0.717) is 17.6 Å². The zero-order valence-electron chi connectivity index (χ0n) is 43.3. The van der Waals surface area contributed by atoms with E-state index in [1.807, 2.05) is 59.9 Å². The first-order valence-corrected chi connectivity index (χ1v) is 27.7. The van der Waals surface area contributed by atoms with Crippen molar-refractivity contribution in [2.75, 3.05) is 0 Å². The number of thiophene rings is 1. The monoisotopic (exact) mass is 1030 g/mol. The lowest BCUT2D eigenvalue weighted by molar-refractivity contribution is 0.669. The Morgan fingerprint density at radius 2 is 0.886 bits per heavy atom. The predicted molar refractivity (Wildman–Crippen MR) is 330 cm³/mol. The molecule has 0 radical (unpaired) electrons. The third-order valence-corrected chi connectivity index (χ3v) is 16.3. The smallest absolute Gasteiger partial charge is 0.238 e. The van der Waals surface area contributed by atoms with Crippen molar-refractivity contribution in [1.82, 2.24) is 19.5 Å². The molecule has 0 atom stereocenters. The Balaban J connectivity index is 0.00000176. The van der Waals surface area contributed by atoms with Crippen molar-refractivity contribution < 1.29 is 8.83 Å². The molecule has 16 rings (SSSR count). The molecule has 0 unspecified atom stereocenters. The molecule has 79 heavy (non-hydrogen) atoms. The van der Waals surface area contributed by atoms with E-state index in [1.54, 1.807) is 0 Å². The van der Waals surface area contributed by atoms with Crippen molar-refractivity contribution in [3.63, 3.8) is 0 Å². The molecule has 0 saturated heterocycles. The van der Waals surface area contributed by atoms with E-state index in [9.17, 15) is 0 Å². The molecule has 0 fully saturated rings. The van der Waals surface area contributed by atoms with Gasteiger partial charge in [-0.2, -0.15) is 9.97 Å². The van der Waals surface area contributed by atoms with E-state index in [-0.39, 0.29) is 0 Å². The molecule has 0 aliphatic rings. The molecule has 374 valence electrons. The molecule has 5 aromatic heterocycles. The maximum Gasteiger partial charge on any atom is 0.238 e. The van der Waals surface area contributed by atoms with Crippen LogP contribution in [0.15, 0.2) is 251 Å². The highest BCUT2D eigenvalue weighted by atomic mass is 32.1. The molecule has 0 N–H and O–H groups in total. The summed E-state index contributed by atoms with van der Waals surface area (Å²) in [6, 6.07) is 85.8. The van der Waals surface area contributed by atoms with Gasteiger partial charge in [-0.05, 0) is 88.0 Å². The van der Waals surface area contributed by atoms with Crippen LogP contribution in [0.4, 0.5) is 0 Å². The zero-order chi connectivity index (χ0) is 52.6. The third-order valence-electron chi connectivity index (χ3n) is 15.1. The largest absolute Gasteiger partial charge is 0.456 e. The van der Waals surface area contributed by atoms with Gasteiger partial charge >= 0.3 is 0 Å². The predicted octanol–water partition coefficient (Wildman–Crippen LogP) is 20.6. The molecule has 7 heteroatoms. The fourth-order valence-electron chi connectivity index (χ4n) is 11.5. The zero-order valence-corrected chi connectivity index (χ0v) is 44.1.